The van der Waals surface area contributed by atoms with Crippen molar-refractivity contribution in [3.05, 3.63) is 108 Å². The van der Waals surface area contributed by atoms with Crippen LogP contribution in [0.3, 0.4) is 0 Å². The highest BCUT2D eigenvalue weighted by molar-refractivity contribution is 8.15. The molecule has 0 aliphatic rings. The molecule has 0 saturated carbocycles. The molecule has 45 heavy (non-hydrogen) atoms. The SMILES string of the molecule is COC(=O)[C@@H](CSCSCc1ccccc1)NC(=O)[C@@H](CSCc1ccccc1)NC(=O)CCNC(=O)OCc1ccccc1. The number of methoxy groups -OCH3 is 1. The number of alkyl carbamates (subject to hydrolysis) is 1. The van der Waals surface area contributed by atoms with Gasteiger partial charge in [-0.15, -0.1) is 23.5 Å². The molecule has 12 heteroatoms. The van der Waals surface area contributed by atoms with E-state index in [9.17, 15) is 19.2 Å². The summed E-state index contributed by atoms with van der Waals surface area (Å²) >= 11 is 4.74. The lowest BCUT2D eigenvalue weighted by molar-refractivity contribution is -0.144. The van der Waals surface area contributed by atoms with Crippen molar-refractivity contribution in [2.45, 2.75) is 36.6 Å². The van der Waals surface area contributed by atoms with Gasteiger partial charge in [-0.2, -0.15) is 11.8 Å². The smallest absolute Gasteiger partial charge is 0.407 e. The molecule has 2 atom stereocenters. The fraction of sp³-hybridized carbons (Fsp3) is 0.333. The normalized spacial score (nSPS) is 11.9. The van der Waals surface area contributed by atoms with Crippen LogP contribution in [0.2, 0.25) is 0 Å². The van der Waals surface area contributed by atoms with Crippen molar-refractivity contribution in [3.8, 4) is 0 Å². The molecule has 0 fully saturated rings. The van der Waals surface area contributed by atoms with E-state index in [1.807, 2.05) is 78.9 Å². The molecule has 0 aliphatic heterocycles. The van der Waals surface area contributed by atoms with Gasteiger partial charge in [-0.1, -0.05) is 91.0 Å². The minimum Gasteiger partial charge on any atom is -0.467 e. The number of hydrogen-bond donors (Lipinski definition) is 3. The zero-order chi connectivity index (χ0) is 32.1. The highest BCUT2D eigenvalue weighted by Crippen LogP contribution is 2.19. The summed E-state index contributed by atoms with van der Waals surface area (Å²) in [6.07, 6.45) is -0.692. The Labute approximate surface area is 277 Å². The summed E-state index contributed by atoms with van der Waals surface area (Å²) in [6.45, 7) is 0.151. The minimum atomic E-state index is -0.902. The van der Waals surface area contributed by atoms with Crippen LogP contribution in [-0.4, -0.2) is 66.2 Å². The predicted molar refractivity (Wildman–Crippen MR) is 183 cm³/mol. The van der Waals surface area contributed by atoms with E-state index in [1.165, 1.54) is 36.2 Å². The van der Waals surface area contributed by atoms with Crippen LogP contribution in [0, 0.1) is 0 Å². The fourth-order valence-electron chi connectivity index (χ4n) is 3.91. The van der Waals surface area contributed by atoms with Crippen LogP contribution in [0.4, 0.5) is 4.79 Å². The van der Waals surface area contributed by atoms with Gasteiger partial charge in [0.1, 0.15) is 18.7 Å². The molecular weight excluding hydrogens is 631 g/mol. The molecule has 3 rings (SSSR count). The van der Waals surface area contributed by atoms with Crippen molar-refractivity contribution in [2.24, 2.45) is 0 Å². The summed E-state index contributed by atoms with van der Waals surface area (Å²) < 4.78 is 10.1. The van der Waals surface area contributed by atoms with Crippen molar-refractivity contribution in [1.29, 1.82) is 0 Å². The van der Waals surface area contributed by atoms with Crippen molar-refractivity contribution in [3.63, 3.8) is 0 Å². The third-order valence-corrected chi connectivity index (χ3v) is 9.79. The number of ether oxygens (including phenoxy) is 2. The second-order valence-electron chi connectivity index (χ2n) is 9.77. The molecule has 0 spiro atoms. The van der Waals surface area contributed by atoms with Gasteiger partial charge in [0.2, 0.25) is 11.8 Å². The molecule has 240 valence electrons. The zero-order valence-corrected chi connectivity index (χ0v) is 27.6. The topological polar surface area (TPSA) is 123 Å². The number of benzene rings is 3. The molecule has 3 aromatic carbocycles. The van der Waals surface area contributed by atoms with E-state index < -0.39 is 36.0 Å². The third kappa shape index (κ3) is 14.8. The number of amides is 3. The first-order valence-electron chi connectivity index (χ1n) is 14.4. The maximum absolute atomic E-state index is 13.4. The van der Waals surface area contributed by atoms with E-state index in [-0.39, 0.29) is 25.3 Å². The van der Waals surface area contributed by atoms with E-state index in [0.29, 0.717) is 11.5 Å². The molecule has 3 aromatic rings. The summed E-state index contributed by atoms with van der Waals surface area (Å²) in [5, 5.41) is 8.82. The molecular formula is C33H39N3O6S3. The van der Waals surface area contributed by atoms with Gasteiger partial charge >= 0.3 is 12.1 Å². The number of rotatable bonds is 19. The van der Waals surface area contributed by atoms with E-state index in [1.54, 1.807) is 11.8 Å². The second kappa shape index (κ2) is 21.2. The number of carbonyl (C=O) groups excluding carboxylic acids is 4. The summed E-state index contributed by atoms with van der Waals surface area (Å²) in [6, 6.07) is 27.4. The summed E-state index contributed by atoms with van der Waals surface area (Å²) in [4.78, 5) is 50.7. The fourth-order valence-corrected chi connectivity index (χ4v) is 7.00. The lowest BCUT2D eigenvalue weighted by Crippen LogP contribution is -2.53. The van der Waals surface area contributed by atoms with Crippen molar-refractivity contribution in [2.75, 3.05) is 30.2 Å². The lowest BCUT2D eigenvalue weighted by atomic mass is 10.2. The lowest BCUT2D eigenvalue weighted by Gasteiger charge is -2.22. The molecule has 3 N–H and O–H groups in total. The van der Waals surface area contributed by atoms with Crippen molar-refractivity contribution >= 4 is 59.2 Å². The predicted octanol–water partition coefficient (Wildman–Crippen LogP) is 5.00. The first-order valence-corrected chi connectivity index (χ1v) is 17.8. The highest BCUT2D eigenvalue weighted by atomic mass is 32.2. The molecule has 0 aromatic heterocycles. The van der Waals surface area contributed by atoms with Gasteiger partial charge in [0.05, 0.1) is 7.11 Å². The van der Waals surface area contributed by atoms with Gasteiger partial charge in [-0.25, -0.2) is 9.59 Å². The Morgan fingerprint density at radius 2 is 1.24 bits per heavy atom. The van der Waals surface area contributed by atoms with Crippen LogP contribution in [0.1, 0.15) is 23.1 Å². The molecule has 3 amide bonds. The second-order valence-corrected chi connectivity index (χ2v) is 13.2. The van der Waals surface area contributed by atoms with Crippen molar-refractivity contribution in [1.82, 2.24) is 16.0 Å². The minimum absolute atomic E-state index is 0.0347. The average molecular weight is 670 g/mol. The molecule has 0 heterocycles. The molecule has 9 nitrogen and oxygen atoms in total. The Morgan fingerprint density at radius 3 is 1.84 bits per heavy atom. The van der Waals surface area contributed by atoms with Gasteiger partial charge in [0.15, 0.2) is 0 Å². The van der Waals surface area contributed by atoms with E-state index in [2.05, 4.69) is 28.1 Å². The van der Waals surface area contributed by atoms with Crippen LogP contribution in [0.5, 0.6) is 0 Å². The van der Waals surface area contributed by atoms with Gasteiger partial charge in [0.25, 0.3) is 0 Å². The van der Waals surface area contributed by atoms with Gasteiger partial charge in [0, 0.05) is 41.1 Å². The monoisotopic (exact) mass is 669 g/mol. The zero-order valence-electron chi connectivity index (χ0n) is 25.1. The third-order valence-electron chi connectivity index (χ3n) is 6.25. The molecule has 0 unspecified atom stereocenters. The van der Waals surface area contributed by atoms with Crippen LogP contribution in [-0.2, 0) is 42.0 Å². The Balaban J connectivity index is 1.49. The Kier molecular flexibility index (Phi) is 16.9. The molecule has 0 bridgehead atoms. The van der Waals surface area contributed by atoms with Gasteiger partial charge < -0.3 is 25.4 Å². The van der Waals surface area contributed by atoms with Gasteiger partial charge in [-0.3, -0.25) is 9.59 Å². The summed E-state index contributed by atoms with van der Waals surface area (Å²) in [7, 11) is 1.28. The number of esters is 1. The van der Waals surface area contributed by atoms with Crippen LogP contribution >= 0.6 is 35.3 Å². The highest BCUT2D eigenvalue weighted by Gasteiger charge is 2.27. The largest absolute Gasteiger partial charge is 0.467 e. The maximum Gasteiger partial charge on any atom is 0.407 e. The Bertz CT molecular complexity index is 1320. The molecule has 0 aliphatic carbocycles. The number of thioether (sulfide) groups is 3. The molecule has 0 saturated heterocycles. The number of hydrogen-bond acceptors (Lipinski definition) is 9. The first kappa shape index (κ1) is 35.9. The van der Waals surface area contributed by atoms with E-state index in [4.69, 9.17) is 9.47 Å². The number of carbonyl (C=O) groups is 4. The maximum atomic E-state index is 13.4. The van der Waals surface area contributed by atoms with Crippen LogP contribution < -0.4 is 16.0 Å². The van der Waals surface area contributed by atoms with Gasteiger partial charge in [-0.05, 0) is 16.7 Å². The van der Waals surface area contributed by atoms with E-state index >= 15 is 0 Å². The number of nitrogens with one attached hydrogen (secondary N) is 3. The standard InChI is InChI=1S/C33H39N3O6S3/c1-41-32(39)29(23-45-24-44-21-27-15-9-4-10-16-27)36-31(38)28(22-43-20-26-13-7-3-8-14-26)35-30(37)17-18-34-33(40)42-19-25-11-5-2-6-12-25/h2-16,28-29H,17-24H2,1H3,(H,34,40)(H,35,37)(H,36,38)/t28-,29-/m1/s1. The Morgan fingerprint density at radius 1 is 0.689 bits per heavy atom. The molecule has 0 radical (unpaired) electrons. The Hall–Kier alpha value is -3.61. The van der Waals surface area contributed by atoms with Crippen LogP contribution in [0.25, 0.3) is 0 Å². The first-order chi connectivity index (χ1) is 21.9. The van der Waals surface area contributed by atoms with E-state index in [0.717, 1.165) is 22.0 Å². The quantitative estimate of drug-likeness (QED) is 0.0920. The van der Waals surface area contributed by atoms with Crippen LogP contribution in [0.15, 0.2) is 91.0 Å². The summed E-state index contributed by atoms with van der Waals surface area (Å²) in [5.74, 6) is 0.649. The van der Waals surface area contributed by atoms with Crippen molar-refractivity contribution < 1.29 is 28.7 Å². The average Bonchev–Trinajstić information content (AvgIpc) is 3.07. The summed E-state index contributed by atoms with van der Waals surface area (Å²) in [5.41, 5.74) is 3.15.